The van der Waals surface area contributed by atoms with Gasteiger partial charge >= 0.3 is 44.9 Å². The average Bonchev–Trinajstić information content (AvgIpc) is 1.65. The molecule has 4 heterocycles. The summed E-state index contributed by atoms with van der Waals surface area (Å²) in [7, 11) is 0. The fourth-order valence-corrected chi connectivity index (χ4v) is 10.0. The van der Waals surface area contributed by atoms with Gasteiger partial charge in [-0.1, -0.05) is 191 Å². The van der Waals surface area contributed by atoms with E-state index in [1.807, 2.05) is 107 Å². The predicted octanol–water partition coefficient (Wildman–Crippen LogP) is 15.2. The number of amides is 4. The van der Waals surface area contributed by atoms with Crippen molar-refractivity contribution in [3.8, 4) is 17.2 Å². The molecule has 0 aliphatic carbocycles. The van der Waals surface area contributed by atoms with E-state index < -0.39 is 29.6 Å². The number of hydrogen-bond donors (Lipinski definition) is 4. The van der Waals surface area contributed by atoms with E-state index in [2.05, 4.69) is 42.2 Å². The molecule has 17 nitrogen and oxygen atoms in total. The zero-order valence-electron chi connectivity index (χ0n) is 52.3. The fraction of sp³-hybridized carbons (Fsp3) is 0.123. The van der Waals surface area contributed by atoms with Crippen LogP contribution in [0, 0.1) is 38.7 Å². The number of allylic oxidation sites excluding steroid dienone is 2. The summed E-state index contributed by atoms with van der Waals surface area (Å²) in [4.78, 5) is 99.0. The van der Waals surface area contributed by atoms with Gasteiger partial charge < -0.3 is 55.8 Å². The largest absolute Gasteiger partial charge is 2.00 e. The number of H-pyrrole nitrogens is 1. The zero-order chi connectivity index (χ0) is 62.4. The number of carbonyl (C=O) groups excluding carboxylic acids is 6. The summed E-state index contributed by atoms with van der Waals surface area (Å²) in [6.07, 6.45) is 3.40. The van der Waals surface area contributed by atoms with Crippen LogP contribution in [0.4, 0.5) is 17.3 Å². The Morgan fingerprint density at radius 2 is 1.15 bits per heavy atom. The zero-order valence-corrected chi connectivity index (χ0v) is 58.2. The summed E-state index contributed by atoms with van der Waals surface area (Å²) >= 11 is 0. The number of carbonyl (C=O) groups is 6. The number of benzene rings is 6. The molecule has 0 spiro atoms. The van der Waals surface area contributed by atoms with Crippen molar-refractivity contribution >= 4 is 82.1 Å². The third-order valence-corrected chi connectivity index (χ3v) is 13.9. The number of nitrogens with zero attached hydrogens (tertiary/aromatic N) is 6. The van der Waals surface area contributed by atoms with Gasteiger partial charge in [0.2, 0.25) is 0 Å². The Hall–Kier alpha value is -10.6. The van der Waals surface area contributed by atoms with Gasteiger partial charge in [0.25, 0.3) is 11.8 Å². The molecule has 10 rings (SSSR count). The van der Waals surface area contributed by atoms with Gasteiger partial charge in [-0.15, -0.1) is 0 Å². The second kappa shape index (κ2) is 33.3. The molecule has 0 atom stereocenters. The van der Waals surface area contributed by atoms with Gasteiger partial charge in [-0.25, -0.2) is 14.6 Å². The molecular weight excluding hydrogens is 1260 g/mol. The standard InChI is InChI=1S/C37H24N6O2.C34H36N4O5.2CH3.2Zn/c1-39-33-32(25-16-8-3-9-17-25)30(41-35(33)43-37(45)27-20-12-5-13-21-27)22-29-31(24-14-6-2-7-15-24)28(23-38)34(40-29)42-36(44)26-18-10-4-11-19-26;1-7-43-34(42)29-27(20(4)5)25(36-31(29)38-33(41)23-16-12-9-13-17-23)18-24-26(19(2)3)28(21(6)39)30(35-24)37-32(40)22-14-10-8-11-15-22;;;;/h2-22H,(H3,40,41,42,43,44,45);8-20H,7H2,1-6H3,(H3,35,36,37,38,39,40,41,42);2*1H3;;/q;;2*-1;2*+2/p-2. The molecule has 19 heteroatoms. The van der Waals surface area contributed by atoms with Crippen molar-refractivity contribution in [1.82, 2.24) is 15.3 Å². The molecule has 0 fully saturated rings. The summed E-state index contributed by atoms with van der Waals surface area (Å²) < 4.78 is 5.38. The number of anilines is 2. The minimum Gasteiger partial charge on any atom is -0.462 e. The first-order valence-corrected chi connectivity index (χ1v) is 28.1. The fourth-order valence-electron chi connectivity index (χ4n) is 10.0. The van der Waals surface area contributed by atoms with E-state index in [0.717, 1.165) is 0 Å². The summed E-state index contributed by atoms with van der Waals surface area (Å²) in [5, 5.41) is 23.4. The summed E-state index contributed by atoms with van der Waals surface area (Å²) in [5.74, 6) is -2.45. The number of hydrogen-bond acceptors (Lipinski definition) is 9. The summed E-state index contributed by atoms with van der Waals surface area (Å²) in [6.45, 7) is 19.0. The summed E-state index contributed by atoms with van der Waals surface area (Å²) in [5.41, 5.74) is 7.83. The number of amidine groups is 2. The van der Waals surface area contributed by atoms with Crippen LogP contribution in [-0.2, 0) is 48.5 Å². The van der Waals surface area contributed by atoms with E-state index in [4.69, 9.17) is 21.3 Å². The SMILES string of the molecule is CCOC(=O)c1c(NC(=O)c2ccccc2)[nH]c(C=C2[N-]C(=NC(=O)c3ccccc3)C(C(C)=O)=C2C(C)C)c1C(C)C.[C-]#[N+]c1c(NC(=O)c2ccccc2)[n-]c(/C=C2\N=C(NC(=O)c3ccccc3)C(C#N)=C2c2ccccc2)c1-c1ccccc1.[CH3-].[CH3-].[Zn+2].[Zn+2]. The van der Waals surface area contributed by atoms with E-state index in [9.17, 15) is 34.0 Å². The van der Waals surface area contributed by atoms with Crippen molar-refractivity contribution in [3.63, 3.8) is 0 Å². The Morgan fingerprint density at radius 3 is 1.62 bits per heavy atom. The summed E-state index contributed by atoms with van der Waals surface area (Å²) in [6, 6.07) is 55.3. The van der Waals surface area contributed by atoms with Crippen LogP contribution in [0.15, 0.2) is 220 Å². The molecule has 92 heavy (non-hydrogen) atoms. The Bertz CT molecular complexity index is 4290. The third-order valence-electron chi connectivity index (χ3n) is 13.9. The van der Waals surface area contributed by atoms with Crippen LogP contribution in [0.3, 0.4) is 0 Å². The quantitative estimate of drug-likeness (QED) is 0.0432. The molecule has 2 aromatic heterocycles. The maximum absolute atomic E-state index is 13.2. The number of ether oxygens (including phenoxy) is 1. The topological polar surface area (TPSA) is 245 Å². The second-order valence-corrected chi connectivity index (χ2v) is 20.6. The Labute approximate surface area is 561 Å². The monoisotopic (exact) mass is 1320 g/mol. The van der Waals surface area contributed by atoms with E-state index in [-0.39, 0.29) is 124 Å². The molecule has 0 bridgehead atoms. The molecular formula is C73H64N10O7Zn2. The Kier molecular flexibility index (Phi) is 26.1. The number of esters is 1. The van der Waals surface area contributed by atoms with Gasteiger partial charge in [-0.05, 0) is 107 Å². The molecule has 2 aliphatic heterocycles. The number of aliphatic imine (C=N–C) groups is 2. The van der Waals surface area contributed by atoms with Gasteiger partial charge in [0.1, 0.15) is 23.0 Å². The minimum absolute atomic E-state index is 0. The smallest absolute Gasteiger partial charge is 0.462 e. The average molecular weight is 1320 g/mol. The van der Waals surface area contributed by atoms with Crippen LogP contribution < -0.4 is 20.9 Å². The van der Waals surface area contributed by atoms with Crippen molar-refractivity contribution < 1.29 is 72.5 Å². The van der Waals surface area contributed by atoms with Crippen LogP contribution in [0.1, 0.15) is 122 Å². The molecule has 452 valence electrons. The van der Waals surface area contributed by atoms with Gasteiger partial charge in [0, 0.05) is 39.1 Å². The predicted molar refractivity (Wildman–Crippen MR) is 354 cm³/mol. The van der Waals surface area contributed by atoms with E-state index in [0.29, 0.717) is 78.4 Å². The number of rotatable bonds is 15. The number of aromatic amines is 1. The van der Waals surface area contributed by atoms with Gasteiger partial charge in [0.15, 0.2) is 29.1 Å². The van der Waals surface area contributed by atoms with Crippen molar-refractivity contribution in [2.45, 2.75) is 47.5 Å². The second-order valence-electron chi connectivity index (χ2n) is 20.6. The number of nitrogens with one attached hydrogen (secondary N) is 4. The first-order chi connectivity index (χ1) is 42.6. The number of Topliss-reactive ketones (excluding diaryl/α,β-unsaturated/α-hetero) is 1. The van der Waals surface area contributed by atoms with Crippen molar-refractivity contribution in [2.75, 3.05) is 17.2 Å². The molecule has 0 saturated carbocycles. The van der Waals surface area contributed by atoms with Crippen LogP contribution in [0.5, 0.6) is 0 Å². The van der Waals surface area contributed by atoms with Gasteiger partial charge in [0.05, 0.1) is 18.9 Å². The van der Waals surface area contributed by atoms with Crippen LogP contribution in [0.25, 0.3) is 39.0 Å². The van der Waals surface area contributed by atoms with Crippen molar-refractivity contribution in [1.29, 1.82) is 5.26 Å². The van der Waals surface area contributed by atoms with Crippen molar-refractivity contribution in [2.24, 2.45) is 15.9 Å². The molecule has 2 aliphatic rings. The third kappa shape index (κ3) is 16.4. The molecule has 4 N–H and O–H groups in total. The molecule has 0 radical (unpaired) electrons. The molecule has 4 amide bonds. The number of aromatic nitrogens is 2. The van der Waals surface area contributed by atoms with Crippen LogP contribution >= 0.6 is 0 Å². The Balaban J connectivity index is 0.000000320. The maximum atomic E-state index is 13.2. The van der Waals surface area contributed by atoms with Crippen LogP contribution in [-0.4, -0.2) is 58.6 Å². The molecule has 8 aromatic rings. The van der Waals surface area contributed by atoms with E-state index in [1.165, 1.54) is 6.92 Å². The molecule has 0 saturated heterocycles. The van der Waals surface area contributed by atoms with Gasteiger partial charge in [-0.3, -0.25) is 24.0 Å². The first-order valence-electron chi connectivity index (χ1n) is 28.1. The van der Waals surface area contributed by atoms with Crippen molar-refractivity contribution in [3.05, 3.63) is 292 Å². The maximum Gasteiger partial charge on any atom is 2.00 e. The first kappa shape index (κ1) is 72.2. The Morgan fingerprint density at radius 1 is 0.674 bits per heavy atom. The number of nitriles is 1. The van der Waals surface area contributed by atoms with E-state index >= 15 is 0 Å². The minimum atomic E-state index is -0.585. The normalized spacial score (nSPS) is 13.4. The number of ketones is 1. The molecule has 0 unspecified atom stereocenters. The van der Waals surface area contributed by atoms with Crippen LogP contribution in [0.2, 0.25) is 0 Å². The molecule has 6 aromatic carbocycles. The van der Waals surface area contributed by atoms with Gasteiger partial charge in [-0.2, -0.15) is 5.26 Å². The van der Waals surface area contributed by atoms with E-state index in [1.54, 1.807) is 122 Å².